The number of nitrogens with zero attached hydrogens (tertiary/aromatic N) is 1. The summed E-state index contributed by atoms with van der Waals surface area (Å²) >= 11 is 0. The molecule has 1 heterocycles. The van der Waals surface area contributed by atoms with Gasteiger partial charge in [0.15, 0.2) is 0 Å². The fourth-order valence-corrected chi connectivity index (χ4v) is 0.613. The second-order valence-corrected chi connectivity index (χ2v) is 1.62. The molecule has 0 aliphatic carbocycles. The molecule has 4 heteroatoms. The van der Waals surface area contributed by atoms with E-state index in [9.17, 15) is 10.1 Å². The summed E-state index contributed by atoms with van der Waals surface area (Å²) < 4.78 is 4.59. The molecule has 0 aromatic carbocycles. The maximum atomic E-state index is 9.86. The lowest BCUT2D eigenvalue weighted by Gasteiger charge is -1.95. The Morgan fingerprint density at radius 2 is 2.62 bits per heavy atom. The van der Waals surface area contributed by atoms with Crippen LogP contribution in [-0.4, -0.2) is 11.2 Å². The first-order chi connectivity index (χ1) is 3.80. The van der Waals surface area contributed by atoms with Crippen molar-refractivity contribution in [3.05, 3.63) is 16.7 Å². The molecular formula is C4H6NO3. The van der Waals surface area contributed by atoms with E-state index >= 15 is 0 Å². The average Bonchev–Trinajstić information content (AvgIpc) is 2.12. The van der Waals surface area contributed by atoms with Crippen LogP contribution in [0.4, 0.5) is 0 Å². The van der Waals surface area contributed by atoms with Crippen molar-refractivity contribution in [2.24, 2.45) is 0 Å². The Balaban J connectivity index is 2.35. The molecule has 0 bridgehead atoms. The highest BCUT2D eigenvalue weighted by Crippen LogP contribution is 2.14. The van der Waals surface area contributed by atoms with Crippen LogP contribution < -0.4 is 0 Å². The molecule has 1 radical (unpaired) electrons. The monoisotopic (exact) mass is 116 g/mol. The topological polar surface area (TPSA) is 52.4 Å². The average molecular weight is 116 g/mol. The van der Waals surface area contributed by atoms with Crippen LogP contribution in [0.2, 0.25) is 0 Å². The van der Waals surface area contributed by atoms with Crippen LogP contribution in [0.3, 0.4) is 0 Å². The molecule has 1 aliphatic heterocycles. The van der Waals surface area contributed by atoms with Gasteiger partial charge in [0.25, 0.3) is 0 Å². The molecule has 0 N–H and O–H groups in total. The van der Waals surface area contributed by atoms with Crippen LogP contribution in [0.1, 0.15) is 12.8 Å². The van der Waals surface area contributed by atoms with Crippen molar-refractivity contribution in [2.45, 2.75) is 19.1 Å². The first-order valence-electron chi connectivity index (χ1n) is 2.41. The Bertz CT molecular complexity index is 97.5. The third-order valence-electron chi connectivity index (χ3n) is 1.02. The van der Waals surface area contributed by atoms with E-state index < -0.39 is 11.2 Å². The standard InChI is InChI=1S/C4H6NO3/c6-5(7)4-2-1-3-8-4/h3-4H,1-2H2. The largest absolute Gasteiger partial charge is 0.315 e. The number of hydrogen-bond acceptors (Lipinski definition) is 3. The van der Waals surface area contributed by atoms with E-state index in [0.717, 1.165) is 0 Å². The molecule has 45 valence electrons. The SMILES string of the molecule is O=[N+]([O-])C1CC[CH]O1. The molecule has 1 unspecified atom stereocenters. The van der Waals surface area contributed by atoms with Crippen molar-refractivity contribution in [3.8, 4) is 0 Å². The van der Waals surface area contributed by atoms with E-state index in [0.29, 0.717) is 12.8 Å². The summed E-state index contributed by atoms with van der Waals surface area (Å²) in [5.41, 5.74) is 0. The van der Waals surface area contributed by atoms with E-state index in [1.807, 2.05) is 0 Å². The molecule has 1 rings (SSSR count). The Morgan fingerprint density at radius 3 is 2.88 bits per heavy atom. The third kappa shape index (κ3) is 0.949. The first-order valence-corrected chi connectivity index (χ1v) is 2.41. The lowest BCUT2D eigenvalue weighted by molar-refractivity contribution is -0.566. The van der Waals surface area contributed by atoms with Crippen LogP contribution in [0.15, 0.2) is 0 Å². The molecular weight excluding hydrogens is 110 g/mol. The van der Waals surface area contributed by atoms with Gasteiger partial charge in [0.1, 0.15) is 0 Å². The van der Waals surface area contributed by atoms with E-state index in [1.165, 1.54) is 6.61 Å². The summed E-state index contributed by atoms with van der Waals surface area (Å²) in [6, 6.07) is 0. The van der Waals surface area contributed by atoms with Crippen LogP contribution in [-0.2, 0) is 4.74 Å². The Labute approximate surface area is 46.6 Å². The second kappa shape index (κ2) is 2.09. The molecule has 0 saturated carbocycles. The lowest BCUT2D eigenvalue weighted by atomic mass is 10.3. The summed E-state index contributed by atoms with van der Waals surface area (Å²) in [7, 11) is 0. The van der Waals surface area contributed by atoms with Gasteiger partial charge in [-0.1, -0.05) is 0 Å². The second-order valence-electron chi connectivity index (χ2n) is 1.62. The predicted molar refractivity (Wildman–Crippen MR) is 25.4 cm³/mol. The molecule has 4 nitrogen and oxygen atoms in total. The summed E-state index contributed by atoms with van der Waals surface area (Å²) in [6.45, 7) is 1.48. The van der Waals surface area contributed by atoms with Crippen LogP contribution >= 0.6 is 0 Å². The normalized spacial score (nSPS) is 28.2. The smallest absolute Gasteiger partial charge is 0.311 e. The number of nitro groups is 1. The highest BCUT2D eigenvalue weighted by atomic mass is 16.7. The van der Waals surface area contributed by atoms with Gasteiger partial charge < -0.3 is 4.74 Å². The third-order valence-corrected chi connectivity index (χ3v) is 1.02. The molecule has 1 saturated heterocycles. The Kier molecular flexibility index (Phi) is 1.43. The molecule has 1 aliphatic rings. The zero-order chi connectivity index (χ0) is 5.98. The van der Waals surface area contributed by atoms with Gasteiger partial charge in [0, 0.05) is 6.42 Å². The van der Waals surface area contributed by atoms with Crippen molar-refractivity contribution in [1.82, 2.24) is 0 Å². The van der Waals surface area contributed by atoms with Gasteiger partial charge in [-0.2, -0.15) is 0 Å². The minimum atomic E-state index is -0.769. The lowest BCUT2D eigenvalue weighted by Crippen LogP contribution is -2.15. The maximum absolute atomic E-state index is 9.86. The highest BCUT2D eigenvalue weighted by molar-refractivity contribution is 4.62. The molecule has 0 aromatic heterocycles. The molecule has 8 heavy (non-hydrogen) atoms. The Hall–Kier alpha value is -0.640. The summed E-state index contributed by atoms with van der Waals surface area (Å²) in [5.74, 6) is 0. The van der Waals surface area contributed by atoms with Gasteiger partial charge >= 0.3 is 6.23 Å². The van der Waals surface area contributed by atoms with Crippen molar-refractivity contribution >= 4 is 0 Å². The van der Waals surface area contributed by atoms with E-state index in [2.05, 4.69) is 4.74 Å². The number of ether oxygens (including phenoxy) is 1. The van der Waals surface area contributed by atoms with Crippen molar-refractivity contribution in [2.75, 3.05) is 0 Å². The highest BCUT2D eigenvalue weighted by Gasteiger charge is 2.25. The number of hydrogen-bond donors (Lipinski definition) is 0. The molecule has 0 amide bonds. The van der Waals surface area contributed by atoms with Gasteiger partial charge in [0.2, 0.25) is 0 Å². The molecule has 1 fully saturated rings. The maximum Gasteiger partial charge on any atom is 0.315 e. The van der Waals surface area contributed by atoms with Crippen LogP contribution in [0, 0.1) is 16.7 Å². The zero-order valence-corrected chi connectivity index (χ0v) is 4.24. The van der Waals surface area contributed by atoms with Crippen molar-refractivity contribution in [1.29, 1.82) is 0 Å². The minimum Gasteiger partial charge on any atom is -0.311 e. The first kappa shape index (κ1) is 5.50. The van der Waals surface area contributed by atoms with E-state index in [1.54, 1.807) is 0 Å². The van der Waals surface area contributed by atoms with Gasteiger partial charge in [-0.05, 0) is 6.42 Å². The summed E-state index contributed by atoms with van der Waals surface area (Å²) in [4.78, 5) is 9.45. The summed E-state index contributed by atoms with van der Waals surface area (Å²) in [6.07, 6.45) is 0.452. The molecule has 0 spiro atoms. The molecule has 1 atom stereocenters. The van der Waals surface area contributed by atoms with Crippen molar-refractivity contribution in [3.63, 3.8) is 0 Å². The number of rotatable bonds is 1. The zero-order valence-electron chi connectivity index (χ0n) is 4.24. The van der Waals surface area contributed by atoms with E-state index in [-0.39, 0.29) is 0 Å². The summed E-state index contributed by atoms with van der Waals surface area (Å²) in [5, 5.41) is 9.86. The van der Waals surface area contributed by atoms with Gasteiger partial charge in [0.05, 0.1) is 11.5 Å². The van der Waals surface area contributed by atoms with Crippen LogP contribution in [0.25, 0.3) is 0 Å². The minimum absolute atomic E-state index is 0.413. The fourth-order valence-electron chi connectivity index (χ4n) is 0.613. The van der Waals surface area contributed by atoms with E-state index in [4.69, 9.17) is 0 Å². The van der Waals surface area contributed by atoms with Gasteiger partial charge in [-0.3, -0.25) is 10.1 Å². The molecule has 0 aromatic rings. The predicted octanol–water partition coefficient (Wildman–Crippen LogP) is 0.561. The van der Waals surface area contributed by atoms with Gasteiger partial charge in [-0.25, -0.2) is 0 Å². The van der Waals surface area contributed by atoms with Crippen molar-refractivity contribution < 1.29 is 9.66 Å². The van der Waals surface area contributed by atoms with Crippen LogP contribution in [0.5, 0.6) is 0 Å². The Morgan fingerprint density at radius 1 is 1.88 bits per heavy atom. The fraction of sp³-hybridized carbons (Fsp3) is 0.750. The van der Waals surface area contributed by atoms with Gasteiger partial charge in [-0.15, -0.1) is 0 Å². The quantitative estimate of drug-likeness (QED) is 0.371.